The van der Waals surface area contributed by atoms with E-state index in [1.807, 2.05) is 48.5 Å². The molecule has 2 aromatic carbocycles. The Morgan fingerprint density at radius 2 is 1.95 bits per heavy atom. The quantitative estimate of drug-likeness (QED) is 0.767. The fraction of sp³-hybridized carbons (Fsp3) is 0.278. The number of amides is 1. The number of hydrogen-bond donors (Lipinski definition) is 2. The Kier molecular flexibility index (Phi) is 5.83. The number of carbonyl (C=O) groups is 1. The highest BCUT2D eigenvalue weighted by molar-refractivity contribution is 5.91. The first-order valence-corrected chi connectivity index (χ1v) is 7.54. The standard InChI is InChI=1S/C18H22N2O2/c1-2-12-22-17-5-3-4-16(13-17)20-18(21)11-8-14-6-9-15(19)10-7-14/h3-7,9-10,13H,2,8,11-12,19H2,1H3,(H,20,21). The molecule has 2 aromatic rings. The zero-order valence-electron chi connectivity index (χ0n) is 12.8. The molecule has 0 atom stereocenters. The van der Waals surface area contributed by atoms with Crippen molar-refractivity contribution in [3.05, 3.63) is 54.1 Å². The summed E-state index contributed by atoms with van der Waals surface area (Å²) in [6.07, 6.45) is 2.08. The van der Waals surface area contributed by atoms with Crippen molar-refractivity contribution in [2.45, 2.75) is 26.2 Å². The Labute approximate surface area is 131 Å². The number of anilines is 2. The minimum Gasteiger partial charge on any atom is -0.494 e. The van der Waals surface area contributed by atoms with Crippen LogP contribution < -0.4 is 15.8 Å². The van der Waals surface area contributed by atoms with Crippen LogP contribution in [-0.2, 0) is 11.2 Å². The van der Waals surface area contributed by atoms with Gasteiger partial charge in [-0.15, -0.1) is 0 Å². The zero-order chi connectivity index (χ0) is 15.8. The number of nitrogens with two attached hydrogens (primary N) is 1. The molecule has 0 fully saturated rings. The molecule has 0 unspecified atom stereocenters. The third-order valence-electron chi connectivity index (χ3n) is 3.21. The molecule has 0 aliphatic heterocycles. The SMILES string of the molecule is CCCOc1cccc(NC(=O)CCc2ccc(N)cc2)c1. The van der Waals surface area contributed by atoms with E-state index in [0.717, 1.165) is 29.1 Å². The Bertz CT molecular complexity index is 609. The van der Waals surface area contributed by atoms with Crippen LogP contribution in [-0.4, -0.2) is 12.5 Å². The molecule has 0 aromatic heterocycles. The molecule has 0 aliphatic carbocycles. The van der Waals surface area contributed by atoms with Crippen LogP contribution in [0.1, 0.15) is 25.3 Å². The molecule has 0 radical (unpaired) electrons. The number of rotatable bonds is 7. The summed E-state index contributed by atoms with van der Waals surface area (Å²) in [6.45, 7) is 2.73. The molecule has 116 valence electrons. The first-order valence-electron chi connectivity index (χ1n) is 7.54. The number of aryl methyl sites for hydroxylation is 1. The molecule has 0 heterocycles. The predicted octanol–water partition coefficient (Wildman–Crippen LogP) is 3.63. The highest BCUT2D eigenvalue weighted by atomic mass is 16.5. The summed E-state index contributed by atoms with van der Waals surface area (Å²) in [6, 6.07) is 15.1. The maximum absolute atomic E-state index is 12.0. The first-order chi connectivity index (χ1) is 10.7. The minimum atomic E-state index is -0.00975. The van der Waals surface area contributed by atoms with Gasteiger partial charge in [-0.25, -0.2) is 0 Å². The number of nitrogen functional groups attached to an aromatic ring is 1. The van der Waals surface area contributed by atoms with Crippen molar-refractivity contribution in [3.8, 4) is 5.75 Å². The van der Waals surface area contributed by atoms with Gasteiger partial charge in [0, 0.05) is 23.9 Å². The van der Waals surface area contributed by atoms with E-state index < -0.39 is 0 Å². The van der Waals surface area contributed by atoms with Crippen molar-refractivity contribution in [3.63, 3.8) is 0 Å². The molecule has 0 bridgehead atoms. The molecule has 1 amide bonds. The summed E-state index contributed by atoms with van der Waals surface area (Å²) in [7, 11) is 0. The Morgan fingerprint density at radius 3 is 2.68 bits per heavy atom. The molecule has 4 nitrogen and oxygen atoms in total. The highest BCUT2D eigenvalue weighted by Gasteiger charge is 2.04. The largest absolute Gasteiger partial charge is 0.494 e. The van der Waals surface area contributed by atoms with Crippen molar-refractivity contribution in [2.75, 3.05) is 17.7 Å². The van der Waals surface area contributed by atoms with Gasteiger partial charge in [-0.05, 0) is 42.7 Å². The predicted molar refractivity (Wildman–Crippen MR) is 90.0 cm³/mol. The molecule has 0 saturated carbocycles. The van der Waals surface area contributed by atoms with E-state index in [4.69, 9.17) is 10.5 Å². The lowest BCUT2D eigenvalue weighted by molar-refractivity contribution is -0.116. The topological polar surface area (TPSA) is 64.3 Å². The molecular weight excluding hydrogens is 276 g/mol. The number of hydrogen-bond acceptors (Lipinski definition) is 3. The van der Waals surface area contributed by atoms with Crippen LogP contribution in [0.3, 0.4) is 0 Å². The van der Waals surface area contributed by atoms with E-state index in [1.165, 1.54) is 0 Å². The summed E-state index contributed by atoms with van der Waals surface area (Å²) < 4.78 is 5.55. The first kappa shape index (κ1) is 15.9. The second kappa shape index (κ2) is 8.08. The molecule has 0 spiro atoms. The van der Waals surface area contributed by atoms with Crippen LogP contribution in [0.2, 0.25) is 0 Å². The van der Waals surface area contributed by atoms with Crippen molar-refractivity contribution in [1.82, 2.24) is 0 Å². The van der Waals surface area contributed by atoms with Gasteiger partial charge in [0.1, 0.15) is 5.75 Å². The van der Waals surface area contributed by atoms with Crippen LogP contribution in [0.15, 0.2) is 48.5 Å². The third kappa shape index (κ3) is 5.13. The van der Waals surface area contributed by atoms with Gasteiger partial charge in [0.05, 0.1) is 6.61 Å². The molecule has 2 rings (SSSR count). The van der Waals surface area contributed by atoms with E-state index in [-0.39, 0.29) is 5.91 Å². The Morgan fingerprint density at radius 1 is 1.18 bits per heavy atom. The molecule has 3 N–H and O–H groups in total. The van der Waals surface area contributed by atoms with Crippen molar-refractivity contribution >= 4 is 17.3 Å². The van der Waals surface area contributed by atoms with Crippen LogP contribution in [0.25, 0.3) is 0 Å². The highest BCUT2D eigenvalue weighted by Crippen LogP contribution is 2.18. The van der Waals surface area contributed by atoms with Crippen LogP contribution in [0.4, 0.5) is 11.4 Å². The van der Waals surface area contributed by atoms with Crippen LogP contribution >= 0.6 is 0 Å². The lowest BCUT2D eigenvalue weighted by Gasteiger charge is -2.08. The normalized spacial score (nSPS) is 10.2. The van der Waals surface area contributed by atoms with E-state index in [0.29, 0.717) is 19.4 Å². The van der Waals surface area contributed by atoms with Gasteiger partial charge < -0.3 is 15.8 Å². The average molecular weight is 298 g/mol. The van der Waals surface area contributed by atoms with Gasteiger partial charge >= 0.3 is 0 Å². The molecule has 4 heteroatoms. The van der Waals surface area contributed by atoms with Gasteiger partial charge in [-0.1, -0.05) is 25.1 Å². The maximum Gasteiger partial charge on any atom is 0.224 e. The second-order valence-electron chi connectivity index (χ2n) is 5.17. The fourth-order valence-electron chi connectivity index (χ4n) is 2.05. The second-order valence-corrected chi connectivity index (χ2v) is 5.17. The molecule has 0 saturated heterocycles. The summed E-state index contributed by atoms with van der Waals surface area (Å²) in [5.41, 5.74) is 8.24. The van der Waals surface area contributed by atoms with Crippen molar-refractivity contribution in [2.24, 2.45) is 0 Å². The Balaban J connectivity index is 1.85. The van der Waals surface area contributed by atoms with Gasteiger partial charge in [0.15, 0.2) is 0 Å². The average Bonchev–Trinajstić information content (AvgIpc) is 2.53. The summed E-state index contributed by atoms with van der Waals surface area (Å²) >= 11 is 0. The van der Waals surface area contributed by atoms with Gasteiger partial charge in [0.2, 0.25) is 5.91 Å². The maximum atomic E-state index is 12.0. The zero-order valence-corrected chi connectivity index (χ0v) is 12.8. The fourth-order valence-corrected chi connectivity index (χ4v) is 2.05. The lowest BCUT2D eigenvalue weighted by Crippen LogP contribution is -2.12. The number of carbonyl (C=O) groups excluding carboxylic acids is 1. The van der Waals surface area contributed by atoms with Crippen LogP contribution in [0, 0.1) is 0 Å². The van der Waals surface area contributed by atoms with Gasteiger partial charge in [0.25, 0.3) is 0 Å². The van der Waals surface area contributed by atoms with Crippen LogP contribution in [0.5, 0.6) is 5.75 Å². The van der Waals surface area contributed by atoms with E-state index in [9.17, 15) is 4.79 Å². The summed E-state index contributed by atoms with van der Waals surface area (Å²) in [5, 5.41) is 2.90. The Hall–Kier alpha value is -2.49. The number of ether oxygens (including phenoxy) is 1. The van der Waals surface area contributed by atoms with E-state index >= 15 is 0 Å². The van der Waals surface area contributed by atoms with Gasteiger partial charge in [-0.3, -0.25) is 4.79 Å². The summed E-state index contributed by atoms with van der Waals surface area (Å²) in [5.74, 6) is 0.766. The number of benzene rings is 2. The summed E-state index contributed by atoms with van der Waals surface area (Å²) in [4.78, 5) is 12.0. The van der Waals surface area contributed by atoms with Gasteiger partial charge in [-0.2, -0.15) is 0 Å². The van der Waals surface area contributed by atoms with Crippen molar-refractivity contribution < 1.29 is 9.53 Å². The third-order valence-corrected chi connectivity index (χ3v) is 3.21. The van der Waals surface area contributed by atoms with Crippen molar-refractivity contribution in [1.29, 1.82) is 0 Å². The van der Waals surface area contributed by atoms with E-state index in [2.05, 4.69) is 12.2 Å². The molecule has 22 heavy (non-hydrogen) atoms. The monoisotopic (exact) mass is 298 g/mol. The van der Waals surface area contributed by atoms with E-state index in [1.54, 1.807) is 0 Å². The molecular formula is C18H22N2O2. The molecule has 0 aliphatic rings. The lowest BCUT2D eigenvalue weighted by atomic mass is 10.1. The minimum absolute atomic E-state index is 0.00975. The smallest absolute Gasteiger partial charge is 0.224 e. The number of nitrogens with one attached hydrogen (secondary N) is 1.